The summed E-state index contributed by atoms with van der Waals surface area (Å²) in [6.07, 6.45) is 4.93. The molecule has 0 atom stereocenters. The molecule has 0 N–H and O–H groups in total. The highest BCUT2D eigenvalue weighted by molar-refractivity contribution is 5.94. The van der Waals surface area contributed by atoms with E-state index in [1.165, 1.54) is 6.07 Å². The standard InChI is InChI=1S/C19H22FN3O/c20-18-5-2-1-4-16(18)8-13-22-11-3-12-23(15-14-22)19(24)17-6-9-21-10-7-17/h1-2,4-7,9-10H,3,8,11-15H2. The van der Waals surface area contributed by atoms with E-state index in [4.69, 9.17) is 0 Å². The van der Waals surface area contributed by atoms with E-state index in [9.17, 15) is 9.18 Å². The summed E-state index contributed by atoms with van der Waals surface area (Å²) in [7, 11) is 0. The van der Waals surface area contributed by atoms with Crippen LogP contribution in [0.2, 0.25) is 0 Å². The number of hydrogen-bond acceptors (Lipinski definition) is 3. The zero-order chi connectivity index (χ0) is 16.8. The molecule has 1 amide bonds. The first-order chi connectivity index (χ1) is 11.7. The number of benzene rings is 1. The van der Waals surface area contributed by atoms with Gasteiger partial charge in [0.05, 0.1) is 0 Å². The lowest BCUT2D eigenvalue weighted by Gasteiger charge is -2.22. The van der Waals surface area contributed by atoms with Crippen LogP contribution in [0.5, 0.6) is 0 Å². The Balaban J connectivity index is 1.54. The van der Waals surface area contributed by atoms with Gasteiger partial charge in [-0.05, 0) is 43.1 Å². The Hall–Kier alpha value is -2.27. The zero-order valence-electron chi connectivity index (χ0n) is 13.7. The molecule has 4 nitrogen and oxygen atoms in total. The van der Waals surface area contributed by atoms with Gasteiger partial charge in [0.1, 0.15) is 5.82 Å². The summed E-state index contributed by atoms with van der Waals surface area (Å²) >= 11 is 0. The van der Waals surface area contributed by atoms with Crippen LogP contribution >= 0.6 is 0 Å². The van der Waals surface area contributed by atoms with Crippen LogP contribution in [0.25, 0.3) is 0 Å². The first kappa shape index (κ1) is 16.6. The second-order valence-corrected chi connectivity index (χ2v) is 6.06. The first-order valence-corrected chi connectivity index (χ1v) is 8.39. The third-order valence-electron chi connectivity index (χ3n) is 4.46. The van der Waals surface area contributed by atoms with Crippen molar-refractivity contribution in [2.75, 3.05) is 32.7 Å². The van der Waals surface area contributed by atoms with Crippen molar-refractivity contribution >= 4 is 5.91 Å². The average molecular weight is 327 g/mol. The highest BCUT2D eigenvalue weighted by atomic mass is 19.1. The Morgan fingerprint density at radius 3 is 2.62 bits per heavy atom. The minimum Gasteiger partial charge on any atom is -0.337 e. The maximum atomic E-state index is 13.7. The second-order valence-electron chi connectivity index (χ2n) is 6.06. The molecular weight excluding hydrogens is 305 g/mol. The van der Waals surface area contributed by atoms with Crippen LogP contribution in [-0.4, -0.2) is 53.4 Å². The van der Waals surface area contributed by atoms with Gasteiger partial charge < -0.3 is 9.80 Å². The van der Waals surface area contributed by atoms with Crippen molar-refractivity contribution in [1.29, 1.82) is 0 Å². The molecule has 126 valence electrons. The SMILES string of the molecule is O=C(c1ccncc1)N1CCCN(CCc2ccccc2F)CC1. The van der Waals surface area contributed by atoms with Gasteiger partial charge in [0.25, 0.3) is 5.91 Å². The number of amides is 1. The number of pyridine rings is 1. The van der Waals surface area contributed by atoms with Gasteiger partial charge in [0.2, 0.25) is 0 Å². The van der Waals surface area contributed by atoms with E-state index in [-0.39, 0.29) is 11.7 Å². The monoisotopic (exact) mass is 327 g/mol. The van der Waals surface area contributed by atoms with Gasteiger partial charge in [-0.3, -0.25) is 9.78 Å². The molecule has 2 heterocycles. The molecule has 0 saturated carbocycles. The van der Waals surface area contributed by atoms with Crippen molar-refractivity contribution in [3.05, 3.63) is 65.7 Å². The summed E-state index contributed by atoms with van der Waals surface area (Å²) in [5.41, 5.74) is 1.44. The normalized spacial score (nSPS) is 16.0. The van der Waals surface area contributed by atoms with Gasteiger partial charge >= 0.3 is 0 Å². The lowest BCUT2D eigenvalue weighted by molar-refractivity contribution is 0.0761. The van der Waals surface area contributed by atoms with Gasteiger partial charge in [-0.2, -0.15) is 0 Å². The van der Waals surface area contributed by atoms with Crippen molar-refractivity contribution in [2.24, 2.45) is 0 Å². The third kappa shape index (κ3) is 4.17. The van der Waals surface area contributed by atoms with E-state index in [0.717, 1.165) is 38.2 Å². The van der Waals surface area contributed by atoms with Crippen LogP contribution in [-0.2, 0) is 6.42 Å². The highest BCUT2D eigenvalue weighted by Gasteiger charge is 2.20. The zero-order valence-corrected chi connectivity index (χ0v) is 13.7. The Morgan fingerprint density at radius 2 is 1.83 bits per heavy atom. The minimum atomic E-state index is -0.137. The lowest BCUT2D eigenvalue weighted by atomic mass is 10.1. The maximum Gasteiger partial charge on any atom is 0.254 e. The van der Waals surface area contributed by atoms with Gasteiger partial charge in [-0.15, -0.1) is 0 Å². The van der Waals surface area contributed by atoms with E-state index in [0.29, 0.717) is 18.5 Å². The fraction of sp³-hybridized carbons (Fsp3) is 0.368. The maximum absolute atomic E-state index is 13.7. The van der Waals surface area contributed by atoms with Crippen molar-refractivity contribution in [3.8, 4) is 0 Å². The summed E-state index contributed by atoms with van der Waals surface area (Å²) in [5.74, 6) is -0.0739. The molecule has 1 aliphatic heterocycles. The van der Waals surface area contributed by atoms with Crippen molar-refractivity contribution in [1.82, 2.24) is 14.8 Å². The Kier molecular flexibility index (Phi) is 5.54. The third-order valence-corrected chi connectivity index (χ3v) is 4.46. The second kappa shape index (κ2) is 8.02. The topological polar surface area (TPSA) is 36.4 Å². The summed E-state index contributed by atoms with van der Waals surface area (Å²) in [6.45, 7) is 4.05. The Labute approximate surface area is 141 Å². The minimum absolute atomic E-state index is 0.0633. The van der Waals surface area contributed by atoms with Crippen LogP contribution in [0.4, 0.5) is 4.39 Å². The number of rotatable bonds is 4. The van der Waals surface area contributed by atoms with Gasteiger partial charge in [-0.1, -0.05) is 18.2 Å². The molecule has 0 aliphatic carbocycles. The van der Waals surface area contributed by atoms with Crippen LogP contribution < -0.4 is 0 Å². The summed E-state index contributed by atoms with van der Waals surface area (Å²) in [5, 5.41) is 0. The number of halogens is 1. The molecule has 0 radical (unpaired) electrons. The molecule has 24 heavy (non-hydrogen) atoms. The molecule has 1 aromatic heterocycles. The van der Waals surface area contributed by atoms with E-state index >= 15 is 0 Å². The predicted octanol–water partition coefficient (Wildman–Crippen LogP) is 2.61. The van der Waals surface area contributed by atoms with Crippen molar-refractivity contribution in [2.45, 2.75) is 12.8 Å². The molecule has 5 heteroatoms. The largest absolute Gasteiger partial charge is 0.337 e. The molecule has 0 spiro atoms. The highest BCUT2D eigenvalue weighted by Crippen LogP contribution is 2.11. The summed E-state index contributed by atoms with van der Waals surface area (Å²) in [6, 6.07) is 10.4. The first-order valence-electron chi connectivity index (χ1n) is 8.39. The Bertz CT molecular complexity index is 677. The average Bonchev–Trinajstić information content (AvgIpc) is 2.87. The smallest absolute Gasteiger partial charge is 0.254 e. The van der Waals surface area contributed by atoms with E-state index in [1.807, 2.05) is 17.0 Å². The molecular formula is C19H22FN3O. The van der Waals surface area contributed by atoms with Gasteiger partial charge in [-0.25, -0.2) is 4.39 Å². The summed E-state index contributed by atoms with van der Waals surface area (Å²) < 4.78 is 13.7. The fourth-order valence-corrected chi connectivity index (χ4v) is 3.05. The van der Waals surface area contributed by atoms with Crippen molar-refractivity contribution < 1.29 is 9.18 Å². The lowest BCUT2D eigenvalue weighted by Crippen LogP contribution is -2.35. The molecule has 1 aromatic carbocycles. The molecule has 2 aromatic rings. The number of nitrogens with zero attached hydrogens (tertiary/aromatic N) is 3. The number of aromatic nitrogens is 1. The molecule has 0 unspecified atom stereocenters. The van der Waals surface area contributed by atoms with Crippen LogP contribution in [0, 0.1) is 5.82 Å². The number of carbonyl (C=O) groups is 1. The van der Waals surface area contributed by atoms with Crippen LogP contribution in [0.3, 0.4) is 0 Å². The van der Waals surface area contributed by atoms with Gasteiger partial charge in [0.15, 0.2) is 0 Å². The molecule has 1 fully saturated rings. The summed E-state index contributed by atoms with van der Waals surface area (Å²) in [4.78, 5) is 20.7. The number of carbonyl (C=O) groups excluding carboxylic acids is 1. The molecule has 3 rings (SSSR count). The molecule has 1 saturated heterocycles. The molecule has 0 bridgehead atoms. The fourth-order valence-electron chi connectivity index (χ4n) is 3.05. The van der Waals surface area contributed by atoms with Crippen LogP contribution in [0.15, 0.2) is 48.8 Å². The van der Waals surface area contributed by atoms with Gasteiger partial charge in [0, 0.05) is 44.1 Å². The van der Waals surface area contributed by atoms with Crippen LogP contribution in [0.1, 0.15) is 22.3 Å². The number of hydrogen-bond donors (Lipinski definition) is 0. The van der Waals surface area contributed by atoms with E-state index in [1.54, 1.807) is 30.6 Å². The predicted molar refractivity (Wildman–Crippen MR) is 91.3 cm³/mol. The van der Waals surface area contributed by atoms with Crippen molar-refractivity contribution in [3.63, 3.8) is 0 Å². The Morgan fingerprint density at radius 1 is 1.04 bits per heavy atom. The molecule has 1 aliphatic rings. The van der Waals surface area contributed by atoms with E-state index in [2.05, 4.69) is 9.88 Å². The van der Waals surface area contributed by atoms with E-state index < -0.39 is 0 Å². The quantitative estimate of drug-likeness (QED) is 0.866.